The molecule has 0 aromatic rings. The lowest BCUT2D eigenvalue weighted by atomic mass is 10.1. The van der Waals surface area contributed by atoms with E-state index in [4.69, 9.17) is 5.73 Å². The first-order valence-electron chi connectivity index (χ1n) is 7.13. The Kier molecular flexibility index (Phi) is 5.60. The van der Waals surface area contributed by atoms with Gasteiger partial charge in [0.2, 0.25) is 5.91 Å². The molecule has 1 aliphatic rings. The second-order valence-electron chi connectivity index (χ2n) is 6.39. The summed E-state index contributed by atoms with van der Waals surface area (Å²) in [5.74, 6) is 0.114. The Bertz CT molecular complexity index is 273. The summed E-state index contributed by atoms with van der Waals surface area (Å²) in [5.41, 5.74) is 5.68. The molecule has 0 aliphatic carbocycles. The number of nitrogens with zero attached hydrogens (tertiary/aromatic N) is 1. The molecule has 0 radical (unpaired) electrons. The van der Waals surface area contributed by atoms with Crippen molar-refractivity contribution in [1.29, 1.82) is 0 Å². The van der Waals surface area contributed by atoms with Crippen LogP contribution < -0.4 is 11.1 Å². The number of carbonyl (C=O) groups is 1. The van der Waals surface area contributed by atoms with Crippen LogP contribution in [0.4, 0.5) is 0 Å². The van der Waals surface area contributed by atoms with Crippen molar-refractivity contribution >= 4 is 5.91 Å². The van der Waals surface area contributed by atoms with Crippen LogP contribution >= 0.6 is 0 Å². The van der Waals surface area contributed by atoms with Crippen LogP contribution in [0, 0.1) is 0 Å². The Labute approximate surface area is 111 Å². The summed E-state index contributed by atoms with van der Waals surface area (Å²) < 4.78 is 0. The Hall–Kier alpha value is -0.610. The first kappa shape index (κ1) is 15.4. The first-order valence-corrected chi connectivity index (χ1v) is 7.13. The molecule has 0 aromatic carbocycles. The molecule has 1 saturated heterocycles. The third kappa shape index (κ3) is 4.58. The predicted molar refractivity (Wildman–Crippen MR) is 75.4 cm³/mol. The maximum absolute atomic E-state index is 12.2. The summed E-state index contributed by atoms with van der Waals surface area (Å²) in [6.07, 6.45) is 4.76. The van der Waals surface area contributed by atoms with Crippen LogP contribution in [-0.2, 0) is 4.79 Å². The molecule has 106 valence electrons. The monoisotopic (exact) mass is 255 g/mol. The largest absolute Gasteiger partial charge is 0.350 e. The summed E-state index contributed by atoms with van der Waals surface area (Å²) in [5, 5.41) is 3.06. The predicted octanol–water partition coefficient (Wildman–Crippen LogP) is 1.49. The number of hydrogen-bond acceptors (Lipinski definition) is 3. The van der Waals surface area contributed by atoms with E-state index in [1.165, 1.54) is 19.3 Å². The molecular weight excluding hydrogens is 226 g/mol. The number of carbonyl (C=O) groups excluding carboxylic acids is 1. The highest BCUT2D eigenvalue weighted by Gasteiger charge is 2.29. The van der Waals surface area contributed by atoms with Crippen molar-refractivity contribution < 1.29 is 4.79 Å². The summed E-state index contributed by atoms with van der Waals surface area (Å²) in [7, 11) is 0. The van der Waals surface area contributed by atoms with Crippen molar-refractivity contribution in [3.05, 3.63) is 0 Å². The van der Waals surface area contributed by atoms with Gasteiger partial charge < -0.3 is 11.1 Å². The van der Waals surface area contributed by atoms with Gasteiger partial charge in [0.25, 0.3) is 0 Å². The third-order valence-corrected chi connectivity index (χ3v) is 3.57. The van der Waals surface area contributed by atoms with Crippen LogP contribution in [0.2, 0.25) is 0 Å². The fourth-order valence-electron chi connectivity index (χ4n) is 2.59. The Morgan fingerprint density at radius 1 is 1.39 bits per heavy atom. The van der Waals surface area contributed by atoms with Crippen LogP contribution in [0.1, 0.15) is 53.4 Å². The van der Waals surface area contributed by atoms with Crippen molar-refractivity contribution in [3.63, 3.8) is 0 Å². The molecule has 0 bridgehead atoms. The van der Waals surface area contributed by atoms with E-state index in [1.54, 1.807) is 0 Å². The molecule has 2 atom stereocenters. The molecule has 0 aromatic heterocycles. The van der Waals surface area contributed by atoms with Gasteiger partial charge in [-0.1, -0.05) is 12.8 Å². The minimum Gasteiger partial charge on any atom is -0.350 e. The van der Waals surface area contributed by atoms with Crippen molar-refractivity contribution in [2.24, 2.45) is 5.73 Å². The molecule has 18 heavy (non-hydrogen) atoms. The standard InChI is InChI=1S/C14H29N3O/c1-11(13(18)16-14(2,3)4)17-9-7-5-6-8-12(17)10-15/h11-12H,5-10,15H2,1-4H3,(H,16,18). The first-order chi connectivity index (χ1) is 8.35. The van der Waals surface area contributed by atoms with Crippen molar-refractivity contribution in [2.45, 2.75) is 71.0 Å². The summed E-state index contributed by atoms with van der Waals surface area (Å²) >= 11 is 0. The number of nitrogens with one attached hydrogen (secondary N) is 1. The highest BCUT2D eigenvalue weighted by atomic mass is 16.2. The molecule has 1 fully saturated rings. The molecule has 4 heteroatoms. The van der Waals surface area contributed by atoms with Crippen LogP contribution in [0.25, 0.3) is 0 Å². The molecule has 1 heterocycles. The van der Waals surface area contributed by atoms with Gasteiger partial charge in [0.1, 0.15) is 0 Å². The molecule has 1 aliphatic heterocycles. The summed E-state index contributed by atoms with van der Waals surface area (Å²) in [6.45, 7) is 9.67. The van der Waals surface area contributed by atoms with Crippen molar-refractivity contribution in [1.82, 2.24) is 10.2 Å². The highest BCUT2D eigenvalue weighted by Crippen LogP contribution is 2.19. The fraction of sp³-hybridized carbons (Fsp3) is 0.929. The lowest BCUT2D eigenvalue weighted by Crippen LogP contribution is -2.54. The zero-order valence-electron chi connectivity index (χ0n) is 12.3. The number of hydrogen-bond donors (Lipinski definition) is 2. The Morgan fingerprint density at radius 3 is 2.61 bits per heavy atom. The van der Waals surface area contributed by atoms with E-state index in [2.05, 4.69) is 10.2 Å². The molecule has 0 spiro atoms. The van der Waals surface area contributed by atoms with E-state index >= 15 is 0 Å². The van der Waals surface area contributed by atoms with Crippen LogP contribution in [0.15, 0.2) is 0 Å². The van der Waals surface area contributed by atoms with E-state index < -0.39 is 0 Å². The fourth-order valence-corrected chi connectivity index (χ4v) is 2.59. The minimum absolute atomic E-state index is 0.0872. The zero-order valence-corrected chi connectivity index (χ0v) is 12.3. The smallest absolute Gasteiger partial charge is 0.237 e. The Balaban J connectivity index is 2.67. The SMILES string of the molecule is CC(C(=O)NC(C)(C)C)N1CCCCCC1CN. The minimum atomic E-state index is -0.171. The van der Waals surface area contributed by atoms with E-state index in [9.17, 15) is 4.79 Å². The van der Waals surface area contributed by atoms with Gasteiger partial charge in [-0.05, 0) is 47.1 Å². The molecule has 3 N–H and O–H groups in total. The van der Waals surface area contributed by atoms with Gasteiger partial charge >= 0.3 is 0 Å². The second-order valence-corrected chi connectivity index (χ2v) is 6.39. The third-order valence-electron chi connectivity index (χ3n) is 3.57. The van der Waals surface area contributed by atoms with Gasteiger partial charge in [-0.2, -0.15) is 0 Å². The van der Waals surface area contributed by atoms with Gasteiger partial charge in [0.05, 0.1) is 6.04 Å². The molecule has 0 saturated carbocycles. The van der Waals surface area contributed by atoms with Gasteiger partial charge in [0, 0.05) is 18.1 Å². The average Bonchev–Trinajstić information content (AvgIpc) is 2.50. The van der Waals surface area contributed by atoms with E-state index in [-0.39, 0.29) is 17.5 Å². The van der Waals surface area contributed by atoms with Crippen molar-refractivity contribution in [2.75, 3.05) is 13.1 Å². The van der Waals surface area contributed by atoms with Gasteiger partial charge in [-0.3, -0.25) is 9.69 Å². The van der Waals surface area contributed by atoms with Crippen LogP contribution in [-0.4, -0.2) is 41.5 Å². The molecular formula is C14H29N3O. The maximum Gasteiger partial charge on any atom is 0.237 e. The van der Waals surface area contributed by atoms with Crippen LogP contribution in [0.5, 0.6) is 0 Å². The van der Waals surface area contributed by atoms with E-state index in [0.29, 0.717) is 12.6 Å². The Morgan fingerprint density at radius 2 is 2.06 bits per heavy atom. The number of likely N-dealkylation sites (tertiary alicyclic amines) is 1. The van der Waals surface area contributed by atoms with Crippen molar-refractivity contribution in [3.8, 4) is 0 Å². The summed E-state index contributed by atoms with van der Waals surface area (Å²) in [4.78, 5) is 14.5. The van der Waals surface area contributed by atoms with Crippen LogP contribution in [0.3, 0.4) is 0 Å². The normalized spacial score (nSPS) is 24.4. The maximum atomic E-state index is 12.2. The van der Waals surface area contributed by atoms with Gasteiger partial charge in [0.15, 0.2) is 0 Å². The molecule has 4 nitrogen and oxygen atoms in total. The number of rotatable bonds is 3. The summed E-state index contributed by atoms with van der Waals surface area (Å²) in [6, 6.07) is 0.268. The topological polar surface area (TPSA) is 58.4 Å². The lowest BCUT2D eigenvalue weighted by molar-refractivity contribution is -0.128. The van der Waals surface area contributed by atoms with Gasteiger partial charge in [-0.25, -0.2) is 0 Å². The number of nitrogens with two attached hydrogens (primary N) is 1. The lowest BCUT2D eigenvalue weighted by Gasteiger charge is -2.35. The molecule has 1 amide bonds. The molecule has 1 rings (SSSR count). The second kappa shape index (κ2) is 6.53. The highest BCUT2D eigenvalue weighted by molar-refractivity contribution is 5.82. The van der Waals surface area contributed by atoms with E-state index in [1.807, 2.05) is 27.7 Å². The quantitative estimate of drug-likeness (QED) is 0.803. The van der Waals surface area contributed by atoms with E-state index in [0.717, 1.165) is 13.0 Å². The zero-order chi connectivity index (χ0) is 13.8. The number of amides is 1. The average molecular weight is 255 g/mol. The molecule has 2 unspecified atom stereocenters. The van der Waals surface area contributed by atoms with Gasteiger partial charge in [-0.15, -0.1) is 0 Å².